The Balaban J connectivity index is 1.76. The number of hydrogen-bond acceptors (Lipinski definition) is 3. The molecule has 1 aliphatic heterocycles. The molecule has 1 atom stereocenters. The van der Waals surface area contributed by atoms with Crippen molar-refractivity contribution in [3.8, 4) is 0 Å². The molecule has 0 saturated carbocycles. The van der Waals surface area contributed by atoms with Crippen molar-refractivity contribution in [1.29, 1.82) is 0 Å². The third-order valence-corrected chi connectivity index (χ3v) is 5.29. The fourth-order valence-corrected chi connectivity index (χ4v) is 3.68. The van der Waals surface area contributed by atoms with Gasteiger partial charge in [0.2, 0.25) is 5.91 Å². The van der Waals surface area contributed by atoms with Gasteiger partial charge in [0.25, 0.3) is 0 Å². The fraction of sp³-hybridized carbons (Fsp3) is 0.261. The van der Waals surface area contributed by atoms with Gasteiger partial charge in [0.05, 0.1) is 17.3 Å². The number of hydrazone groups is 1. The Hall–Kier alpha value is -3.01. The number of amides is 1. The Bertz CT molecular complexity index is 1040. The molecule has 1 aliphatic rings. The summed E-state index contributed by atoms with van der Waals surface area (Å²) in [5.41, 5.74) is 6.42. The molecule has 2 aromatic carbocycles. The van der Waals surface area contributed by atoms with Crippen LogP contribution in [0.25, 0.3) is 10.9 Å². The van der Waals surface area contributed by atoms with Crippen molar-refractivity contribution in [1.82, 2.24) is 9.99 Å². The predicted octanol–water partition coefficient (Wildman–Crippen LogP) is 4.94. The molecule has 4 nitrogen and oxygen atoms in total. The molecule has 0 aliphatic carbocycles. The highest BCUT2D eigenvalue weighted by Crippen LogP contribution is 2.34. The highest BCUT2D eigenvalue weighted by atomic mass is 16.2. The lowest BCUT2D eigenvalue weighted by atomic mass is 9.95. The monoisotopic (exact) mass is 357 g/mol. The van der Waals surface area contributed by atoms with Gasteiger partial charge in [-0.2, -0.15) is 5.10 Å². The molecule has 0 N–H and O–H groups in total. The average molecular weight is 357 g/mol. The molecule has 0 radical (unpaired) electrons. The van der Waals surface area contributed by atoms with E-state index in [-0.39, 0.29) is 11.9 Å². The molecule has 0 fully saturated rings. The molecule has 4 rings (SSSR count). The van der Waals surface area contributed by atoms with E-state index in [0.29, 0.717) is 12.8 Å². The smallest absolute Gasteiger partial charge is 0.242 e. The maximum absolute atomic E-state index is 12.5. The summed E-state index contributed by atoms with van der Waals surface area (Å²) in [7, 11) is 0. The van der Waals surface area contributed by atoms with E-state index in [1.165, 1.54) is 5.56 Å². The highest BCUT2D eigenvalue weighted by Gasteiger charge is 2.33. The van der Waals surface area contributed by atoms with Crippen LogP contribution in [0.4, 0.5) is 0 Å². The molecule has 0 spiro atoms. The van der Waals surface area contributed by atoms with Crippen LogP contribution < -0.4 is 0 Å². The Labute approximate surface area is 159 Å². The number of aromatic nitrogens is 1. The van der Waals surface area contributed by atoms with Crippen molar-refractivity contribution in [3.05, 3.63) is 77.0 Å². The van der Waals surface area contributed by atoms with E-state index in [9.17, 15) is 4.79 Å². The van der Waals surface area contributed by atoms with E-state index in [2.05, 4.69) is 49.2 Å². The number of carbonyl (C=O) groups excluding carboxylic acids is 1. The maximum Gasteiger partial charge on any atom is 0.242 e. The molecule has 136 valence electrons. The largest absolute Gasteiger partial charge is 0.273 e. The first-order chi connectivity index (χ1) is 13.1. The van der Waals surface area contributed by atoms with Gasteiger partial charge in [-0.25, -0.2) is 5.01 Å². The number of hydrogen-bond donors (Lipinski definition) is 0. The lowest BCUT2D eigenvalue weighted by Crippen LogP contribution is -2.26. The van der Waals surface area contributed by atoms with Crippen LogP contribution >= 0.6 is 0 Å². The summed E-state index contributed by atoms with van der Waals surface area (Å²) in [5, 5.41) is 7.53. The third kappa shape index (κ3) is 3.12. The molecule has 0 saturated heterocycles. The predicted molar refractivity (Wildman–Crippen MR) is 109 cm³/mol. The lowest BCUT2D eigenvalue weighted by Gasteiger charge is -2.21. The van der Waals surface area contributed by atoms with Gasteiger partial charge in [-0.15, -0.1) is 0 Å². The summed E-state index contributed by atoms with van der Waals surface area (Å²) < 4.78 is 0. The second kappa shape index (κ2) is 6.95. The minimum absolute atomic E-state index is 0.0435. The van der Waals surface area contributed by atoms with Gasteiger partial charge >= 0.3 is 0 Å². The molecule has 27 heavy (non-hydrogen) atoms. The van der Waals surface area contributed by atoms with Crippen LogP contribution in [0.15, 0.2) is 59.8 Å². The second-order valence-electron chi connectivity index (χ2n) is 7.08. The molecular formula is C23H23N3O. The average Bonchev–Trinajstić information content (AvgIpc) is 3.13. The van der Waals surface area contributed by atoms with Gasteiger partial charge < -0.3 is 0 Å². The van der Waals surface area contributed by atoms with Crippen molar-refractivity contribution in [3.63, 3.8) is 0 Å². The molecule has 2 heterocycles. The van der Waals surface area contributed by atoms with Gasteiger partial charge in [-0.3, -0.25) is 9.78 Å². The van der Waals surface area contributed by atoms with Gasteiger partial charge in [0.1, 0.15) is 0 Å². The Kier molecular flexibility index (Phi) is 4.48. The first-order valence-electron chi connectivity index (χ1n) is 9.39. The maximum atomic E-state index is 12.5. The number of carbonyl (C=O) groups is 1. The topological polar surface area (TPSA) is 45.6 Å². The summed E-state index contributed by atoms with van der Waals surface area (Å²) in [5.74, 6) is 0.0435. The second-order valence-corrected chi connectivity index (χ2v) is 7.08. The van der Waals surface area contributed by atoms with Crippen molar-refractivity contribution in [2.24, 2.45) is 5.10 Å². The zero-order valence-corrected chi connectivity index (χ0v) is 15.9. The van der Waals surface area contributed by atoms with Crippen molar-refractivity contribution < 1.29 is 4.79 Å². The molecule has 0 bridgehead atoms. The van der Waals surface area contributed by atoms with Crippen molar-refractivity contribution in [2.45, 2.75) is 39.7 Å². The van der Waals surface area contributed by atoms with E-state index in [1.54, 1.807) is 5.01 Å². The summed E-state index contributed by atoms with van der Waals surface area (Å²) in [6.45, 7) is 6.05. The van der Waals surface area contributed by atoms with Crippen LogP contribution in [0.2, 0.25) is 0 Å². The first-order valence-corrected chi connectivity index (χ1v) is 9.39. The first kappa shape index (κ1) is 17.4. The quantitative estimate of drug-likeness (QED) is 0.666. The van der Waals surface area contributed by atoms with E-state index in [4.69, 9.17) is 5.10 Å². The van der Waals surface area contributed by atoms with Crippen LogP contribution in [0.1, 0.15) is 48.1 Å². The number of fused-ring (bicyclic) bond motifs is 1. The van der Waals surface area contributed by atoms with Gasteiger partial charge in [0, 0.05) is 30.0 Å². The van der Waals surface area contributed by atoms with Crippen LogP contribution in [0, 0.1) is 13.8 Å². The van der Waals surface area contributed by atoms with Gasteiger partial charge in [0.15, 0.2) is 0 Å². The van der Waals surface area contributed by atoms with E-state index in [1.807, 2.05) is 31.3 Å². The van der Waals surface area contributed by atoms with Crippen LogP contribution in [0.3, 0.4) is 0 Å². The number of aryl methyl sites for hydroxylation is 2. The molecule has 1 aromatic heterocycles. The number of nitrogens with zero attached hydrogens (tertiary/aromatic N) is 3. The zero-order valence-electron chi connectivity index (χ0n) is 15.9. The summed E-state index contributed by atoms with van der Waals surface area (Å²) in [6.07, 6.45) is 3.03. The van der Waals surface area contributed by atoms with E-state index in [0.717, 1.165) is 33.3 Å². The minimum Gasteiger partial charge on any atom is -0.273 e. The van der Waals surface area contributed by atoms with Gasteiger partial charge in [-0.05, 0) is 31.0 Å². The normalized spacial score (nSPS) is 16.6. The summed E-state index contributed by atoms with van der Waals surface area (Å²) in [4.78, 5) is 17.1. The standard InChI is InChI=1S/C23H23N3O/c1-4-23(27)26-22(17-11-9-15(2)10-12-17)13-21(25-26)19-14-24-20-8-6-5-7-18(20)16(19)3/h5-12,14,22H,4,13H2,1-3H3/t22-/m1/s1. The van der Waals surface area contributed by atoms with Gasteiger partial charge in [-0.1, -0.05) is 55.0 Å². The van der Waals surface area contributed by atoms with E-state index >= 15 is 0 Å². The highest BCUT2D eigenvalue weighted by molar-refractivity contribution is 6.06. The van der Waals surface area contributed by atoms with Crippen LogP contribution in [0.5, 0.6) is 0 Å². The zero-order chi connectivity index (χ0) is 19.0. The Morgan fingerprint density at radius 1 is 1.11 bits per heavy atom. The molecule has 0 unspecified atom stereocenters. The minimum atomic E-state index is -0.0566. The molecule has 4 heteroatoms. The third-order valence-electron chi connectivity index (χ3n) is 5.29. The molecule has 3 aromatic rings. The summed E-state index contributed by atoms with van der Waals surface area (Å²) in [6, 6.07) is 16.4. The number of rotatable bonds is 3. The Morgan fingerprint density at radius 2 is 1.85 bits per heavy atom. The van der Waals surface area contributed by atoms with Crippen LogP contribution in [-0.2, 0) is 4.79 Å². The van der Waals surface area contributed by atoms with E-state index < -0.39 is 0 Å². The fourth-order valence-electron chi connectivity index (χ4n) is 3.68. The number of pyridine rings is 1. The Morgan fingerprint density at radius 3 is 2.59 bits per heavy atom. The lowest BCUT2D eigenvalue weighted by molar-refractivity contribution is -0.132. The van der Waals surface area contributed by atoms with Crippen molar-refractivity contribution >= 4 is 22.5 Å². The van der Waals surface area contributed by atoms with Crippen molar-refractivity contribution in [2.75, 3.05) is 0 Å². The molecular weight excluding hydrogens is 334 g/mol. The number of benzene rings is 2. The summed E-state index contributed by atoms with van der Waals surface area (Å²) >= 11 is 0. The number of para-hydroxylation sites is 1. The van der Waals surface area contributed by atoms with Crippen LogP contribution in [-0.4, -0.2) is 21.6 Å². The SMILES string of the molecule is CCC(=O)N1N=C(c2cnc3ccccc3c2C)C[C@@H]1c1ccc(C)cc1. The molecule has 1 amide bonds.